The summed E-state index contributed by atoms with van der Waals surface area (Å²) in [6, 6.07) is 1.23. The molecule has 0 atom stereocenters. The van der Waals surface area contributed by atoms with Gasteiger partial charge in [0.15, 0.2) is 0 Å². The Balaban J connectivity index is 3.70. The molecule has 0 aliphatic rings. The van der Waals surface area contributed by atoms with Crippen molar-refractivity contribution in [2.45, 2.75) is 52.0 Å². The number of hydrogen-bond donors (Lipinski definition) is 0. The van der Waals surface area contributed by atoms with Gasteiger partial charge in [-0.25, -0.2) is 4.79 Å². The molecule has 0 fully saturated rings. The summed E-state index contributed by atoms with van der Waals surface area (Å²) in [5.74, 6) is 0. The van der Waals surface area contributed by atoms with Crippen molar-refractivity contribution in [1.29, 1.82) is 0 Å². The third-order valence-corrected chi connectivity index (χ3v) is 12.2. The van der Waals surface area contributed by atoms with Crippen LogP contribution in [0, 0.1) is 0 Å². The minimum atomic E-state index is -1.08. The van der Waals surface area contributed by atoms with Gasteiger partial charge in [-0.1, -0.05) is 30.4 Å². The number of carbonyl (C=O) groups is 1. The summed E-state index contributed by atoms with van der Waals surface area (Å²) in [6.45, 7) is 11.9. The summed E-state index contributed by atoms with van der Waals surface area (Å²) in [5, 5.41) is 0. The maximum Gasteiger partial charge on any atom is 0.508 e. The molecule has 0 aromatic carbocycles. The lowest BCUT2D eigenvalue weighted by Crippen LogP contribution is -2.27. The Morgan fingerprint density at radius 1 is 1.28 bits per heavy atom. The van der Waals surface area contributed by atoms with Gasteiger partial charge in [0.1, 0.15) is 0 Å². The first-order valence-electron chi connectivity index (χ1n) is 6.80. The molecule has 0 heterocycles. The number of carbonyl (C=O) groups excluding carboxylic acids is 1. The van der Waals surface area contributed by atoms with Crippen LogP contribution in [0.25, 0.3) is 0 Å². The van der Waals surface area contributed by atoms with Crippen LogP contribution in [0.3, 0.4) is 0 Å². The van der Waals surface area contributed by atoms with Crippen LogP contribution in [-0.2, 0) is 9.47 Å². The molecule has 0 aliphatic carbocycles. The molecule has 0 aromatic rings. The molecular weight excluding hydrogens is 260 g/mol. The molecule has 18 heavy (non-hydrogen) atoms. The Morgan fingerprint density at radius 3 is 2.50 bits per heavy atom. The van der Waals surface area contributed by atoms with E-state index in [9.17, 15) is 4.79 Å². The molecule has 0 bridgehead atoms. The lowest BCUT2D eigenvalue weighted by molar-refractivity contribution is 0.0591. The standard InChI is InChI=1S/C13H28O3Si2/c1-6-15-13(14)16-8-7-9-18(4,5)11-17-10-12(2)3/h10H,6-9,11,17H2,1-5H3. The Bertz CT molecular complexity index is 271. The Morgan fingerprint density at radius 2 is 1.94 bits per heavy atom. The zero-order valence-corrected chi connectivity index (χ0v) is 15.0. The Hall–Kier alpha value is -0.556. The van der Waals surface area contributed by atoms with E-state index >= 15 is 0 Å². The highest BCUT2D eigenvalue weighted by Gasteiger charge is 2.19. The molecule has 0 rings (SSSR count). The fourth-order valence-corrected chi connectivity index (χ4v) is 8.12. The summed E-state index contributed by atoms with van der Waals surface area (Å²) >= 11 is 0. The molecule has 3 nitrogen and oxygen atoms in total. The van der Waals surface area contributed by atoms with Gasteiger partial charge in [0.25, 0.3) is 0 Å². The zero-order chi connectivity index (χ0) is 14.0. The lowest BCUT2D eigenvalue weighted by atomic mass is 10.4. The van der Waals surface area contributed by atoms with E-state index in [4.69, 9.17) is 9.47 Å². The van der Waals surface area contributed by atoms with Crippen molar-refractivity contribution in [3.05, 3.63) is 11.3 Å². The molecule has 0 aromatic heterocycles. The highest BCUT2D eigenvalue weighted by molar-refractivity contribution is 6.85. The van der Waals surface area contributed by atoms with Crippen LogP contribution in [0.15, 0.2) is 11.3 Å². The molecule has 5 heteroatoms. The van der Waals surface area contributed by atoms with E-state index in [1.54, 1.807) is 6.92 Å². The van der Waals surface area contributed by atoms with Crippen LogP contribution in [0.2, 0.25) is 24.8 Å². The number of hydrogen-bond acceptors (Lipinski definition) is 3. The largest absolute Gasteiger partial charge is 0.508 e. The first kappa shape index (κ1) is 17.4. The van der Waals surface area contributed by atoms with Gasteiger partial charge in [-0.05, 0) is 27.2 Å². The van der Waals surface area contributed by atoms with E-state index in [-0.39, 0.29) is 9.52 Å². The average Bonchev–Trinajstić information content (AvgIpc) is 2.24. The summed E-state index contributed by atoms with van der Waals surface area (Å²) in [7, 11) is -1.11. The Kier molecular flexibility index (Phi) is 9.09. The molecule has 0 N–H and O–H groups in total. The first-order chi connectivity index (χ1) is 8.37. The van der Waals surface area contributed by atoms with Gasteiger partial charge in [-0.15, -0.1) is 5.70 Å². The van der Waals surface area contributed by atoms with E-state index in [1.165, 1.54) is 17.3 Å². The van der Waals surface area contributed by atoms with Crippen molar-refractivity contribution in [3.63, 3.8) is 0 Å². The van der Waals surface area contributed by atoms with E-state index in [1.807, 2.05) is 0 Å². The van der Waals surface area contributed by atoms with Crippen molar-refractivity contribution in [2.75, 3.05) is 13.2 Å². The highest BCUT2D eigenvalue weighted by Crippen LogP contribution is 2.17. The monoisotopic (exact) mass is 288 g/mol. The summed E-state index contributed by atoms with van der Waals surface area (Å²) in [6.07, 6.45) is 0.442. The van der Waals surface area contributed by atoms with Gasteiger partial charge in [0.2, 0.25) is 0 Å². The van der Waals surface area contributed by atoms with Crippen LogP contribution in [0.5, 0.6) is 0 Å². The second-order valence-electron chi connectivity index (χ2n) is 5.62. The van der Waals surface area contributed by atoms with Crippen molar-refractivity contribution in [3.8, 4) is 0 Å². The molecule has 0 saturated carbocycles. The molecule has 0 spiro atoms. The third-order valence-electron chi connectivity index (χ3n) is 2.85. The maximum absolute atomic E-state index is 11.0. The second kappa shape index (κ2) is 9.38. The molecular formula is C13H28O3Si2. The molecule has 0 amide bonds. The van der Waals surface area contributed by atoms with E-state index in [0.29, 0.717) is 13.2 Å². The minimum Gasteiger partial charge on any atom is -0.435 e. The number of ether oxygens (including phenoxy) is 2. The van der Waals surface area contributed by atoms with Crippen LogP contribution in [-0.4, -0.2) is 37.0 Å². The summed E-state index contributed by atoms with van der Waals surface area (Å²) in [5.41, 5.74) is 5.35. The third kappa shape index (κ3) is 10.6. The van der Waals surface area contributed by atoms with Crippen molar-refractivity contribution in [1.82, 2.24) is 0 Å². The minimum absolute atomic E-state index is 0.0311. The molecule has 0 saturated heterocycles. The second-order valence-corrected chi connectivity index (χ2v) is 13.4. The fraction of sp³-hybridized carbons (Fsp3) is 0.769. The maximum atomic E-state index is 11.0. The SMILES string of the molecule is CCOC(=O)OCCC[Si](C)(C)C[SiH2]C=C(C)C. The topological polar surface area (TPSA) is 35.5 Å². The van der Waals surface area contributed by atoms with E-state index < -0.39 is 14.2 Å². The summed E-state index contributed by atoms with van der Waals surface area (Å²) < 4.78 is 9.70. The van der Waals surface area contributed by atoms with Crippen molar-refractivity contribution in [2.24, 2.45) is 0 Å². The molecule has 0 radical (unpaired) electrons. The number of allylic oxidation sites excluding steroid dienone is 1. The predicted octanol–water partition coefficient (Wildman–Crippen LogP) is 3.31. The molecule has 0 unspecified atom stereocenters. The van der Waals surface area contributed by atoms with Crippen LogP contribution in [0.1, 0.15) is 27.2 Å². The van der Waals surface area contributed by atoms with Gasteiger partial charge >= 0.3 is 6.16 Å². The quantitative estimate of drug-likeness (QED) is 0.390. The van der Waals surface area contributed by atoms with Gasteiger partial charge in [-0.2, -0.15) is 0 Å². The van der Waals surface area contributed by atoms with Crippen LogP contribution < -0.4 is 0 Å². The highest BCUT2D eigenvalue weighted by atomic mass is 28.4. The summed E-state index contributed by atoms with van der Waals surface area (Å²) in [4.78, 5) is 11.0. The number of rotatable bonds is 8. The molecule has 0 aliphatic heterocycles. The van der Waals surface area contributed by atoms with E-state index in [2.05, 4.69) is 32.6 Å². The first-order valence-corrected chi connectivity index (χ1v) is 12.0. The average molecular weight is 289 g/mol. The fourth-order valence-electron chi connectivity index (χ4n) is 1.74. The van der Waals surface area contributed by atoms with Gasteiger partial charge in [-0.3, -0.25) is 0 Å². The molecule has 106 valence electrons. The predicted molar refractivity (Wildman–Crippen MR) is 82.7 cm³/mol. The smallest absolute Gasteiger partial charge is 0.435 e. The van der Waals surface area contributed by atoms with Gasteiger partial charge < -0.3 is 9.47 Å². The van der Waals surface area contributed by atoms with Crippen molar-refractivity contribution < 1.29 is 14.3 Å². The zero-order valence-electron chi connectivity index (χ0n) is 12.5. The van der Waals surface area contributed by atoms with E-state index in [0.717, 1.165) is 6.42 Å². The normalized spacial score (nSPS) is 11.6. The van der Waals surface area contributed by atoms with Crippen LogP contribution in [0.4, 0.5) is 4.79 Å². The van der Waals surface area contributed by atoms with Gasteiger partial charge in [0.05, 0.1) is 13.2 Å². The lowest BCUT2D eigenvalue weighted by Gasteiger charge is -2.21. The van der Waals surface area contributed by atoms with Crippen molar-refractivity contribution >= 4 is 23.7 Å². The van der Waals surface area contributed by atoms with Crippen LogP contribution >= 0.6 is 0 Å². The Labute approximate surface area is 115 Å². The van der Waals surface area contributed by atoms with Gasteiger partial charge in [0, 0.05) is 17.6 Å².